The van der Waals surface area contributed by atoms with E-state index >= 15 is 0 Å². The number of rotatable bonds is 6. The molecule has 8 heteroatoms. The number of carbonyl (C=O) groups excluding carboxylic acids is 2. The normalized spacial score (nSPS) is 14.9. The maximum absolute atomic E-state index is 12.6. The van der Waals surface area contributed by atoms with Gasteiger partial charge < -0.3 is 10.2 Å². The summed E-state index contributed by atoms with van der Waals surface area (Å²) in [5.41, 5.74) is 2.23. The Morgan fingerprint density at radius 3 is 2.59 bits per heavy atom. The van der Waals surface area contributed by atoms with Crippen molar-refractivity contribution in [2.75, 3.05) is 13.1 Å². The van der Waals surface area contributed by atoms with E-state index in [4.69, 9.17) is 0 Å². The third kappa shape index (κ3) is 4.16. The van der Waals surface area contributed by atoms with Crippen LogP contribution in [0.5, 0.6) is 0 Å². The van der Waals surface area contributed by atoms with E-state index in [1.165, 1.54) is 0 Å². The quantitative estimate of drug-likeness (QED) is 0.693. The molecule has 4 rings (SSSR count). The highest BCUT2D eigenvalue weighted by Gasteiger charge is 2.35. The third-order valence-electron chi connectivity index (χ3n) is 5.16. The molecule has 8 nitrogen and oxygen atoms in total. The summed E-state index contributed by atoms with van der Waals surface area (Å²) >= 11 is 0. The molecule has 2 aromatic heterocycles. The molecule has 29 heavy (non-hydrogen) atoms. The first kappa shape index (κ1) is 18.8. The van der Waals surface area contributed by atoms with Gasteiger partial charge in [0.15, 0.2) is 5.69 Å². The number of pyridine rings is 1. The zero-order valence-electron chi connectivity index (χ0n) is 16.1. The molecule has 1 aliphatic heterocycles. The summed E-state index contributed by atoms with van der Waals surface area (Å²) in [6, 6.07) is 13.5. The fourth-order valence-corrected chi connectivity index (χ4v) is 3.29. The molecule has 0 bridgehead atoms. The van der Waals surface area contributed by atoms with Crippen LogP contribution in [0.15, 0.2) is 61.1 Å². The van der Waals surface area contributed by atoms with Gasteiger partial charge in [-0.05, 0) is 30.2 Å². The number of aromatic nitrogens is 4. The van der Waals surface area contributed by atoms with Crippen LogP contribution in [0.3, 0.4) is 0 Å². The molecule has 1 aromatic carbocycles. The zero-order valence-corrected chi connectivity index (χ0v) is 16.1. The highest BCUT2D eigenvalue weighted by Crippen LogP contribution is 2.26. The second-order valence-corrected chi connectivity index (χ2v) is 7.15. The van der Waals surface area contributed by atoms with Gasteiger partial charge in [-0.3, -0.25) is 14.6 Å². The number of amides is 2. The highest BCUT2D eigenvalue weighted by molar-refractivity contribution is 5.91. The number of hydrogen-bond acceptors (Lipinski definition) is 5. The van der Waals surface area contributed by atoms with E-state index < -0.39 is 0 Å². The Bertz CT molecular complexity index is 983. The van der Waals surface area contributed by atoms with Crippen molar-refractivity contribution in [3.63, 3.8) is 0 Å². The van der Waals surface area contributed by atoms with Crippen LogP contribution >= 0.6 is 0 Å². The van der Waals surface area contributed by atoms with Crippen LogP contribution in [-0.4, -0.2) is 49.8 Å². The molecule has 1 atom stereocenters. The number of hydrogen-bond donors (Lipinski definition) is 1. The molecular formula is C21H22N6O2. The van der Waals surface area contributed by atoms with Crippen LogP contribution in [0.2, 0.25) is 0 Å². The standard InChI is InChI=1S/C21H22N6O2/c1-15(17-5-3-2-4-6-17)21(29)26-12-18(13-26)27-14-19(24-25-27)20(28)23-11-16-7-9-22-10-8-16/h2-10,14-15,18H,11-13H2,1H3,(H,23,28). The van der Waals surface area contributed by atoms with E-state index in [9.17, 15) is 9.59 Å². The van der Waals surface area contributed by atoms with Gasteiger partial charge in [0.25, 0.3) is 5.91 Å². The molecule has 0 radical (unpaired) electrons. The first-order valence-electron chi connectivity index (χ1n) is 9.54. The molecular weight excluding hydrogens is 368 g/mol. The number of likely N-dealkylation sites (tertiary alicyclic amines) is 1. The monoisotopic (exact) mass is 390 g/mol. The molecule has 1 saturated heterocycles. The van der Waals surface area contributed by atoms with E-state index in [0.29, 0.717) is 19.6 Å². The molecule has 1 unspecified atom stereocenters. The second-order valence-electron chi connectivity index (χ2n) is 7.15. The van der Waals surface area contributed by atoms with Gasteiger partial charge in [0, 0.05) is 32.0 Å². The van der Waals surface area contributed by atoms with Crippen molar-refractivity contribution < 1.29 is 9.59 Å². The van der Waals surface area contributed by atoms with Crippen LogP contribution in [0.4, 0.5) is 0 Å². The molecule has 3 heterocycles. The minimum atomic E-state index is -0.280. The Morgan fingerprint density at radius 1 is 1.14 bits per heavy atom. The van der Waals surface area contributed by atoms with Crippen LogP contribution in [0.25, 0.3) is 0 Å². The average Bonchev–Trinajstić information content (AvgIpc) is 3.21. The van der Waals surface area contributed by atoms with Crippen molar-refractivity contribution in [3.8, 4) is 0 Å². The summed E-state index contributed by atoms with van der Waals surface area (Å²) in [6.45, 7) is 3.46. The molecule has 2 amide bonds. The van der Waals surface area contributed by atoms with Crippen LogP contribution in [0.1, 0.15) is 40.5 Å². The minimum absolute atomic E-state index is 0.0381. The lowest BCUT2D eigenvalue weighted by Gasteiger charge is -2.40. The predicted molar refractivity (Wildman–Crippen MR) is 106 cm³/mol. The summed E-state index contributed by atoms with van der Waals surface area (Å²) in [5.74, 6) is -0.358. The molecule has 1 aliphatic rings. The molecule has 0 spiro atoms. The van der Waals surface area contributed by atoms with Crippen molar-refractivity contribution >= 4 is 11.8 Å². The number of nitrogens with zero attached hydrogens (tertiary/aromatic N) is 5. The fraction of sp³-hybridized carbons (Fsp3) is 0.286. The molecule has 0 aliphatic carbocycles. The summed E-state index contributed by atoms with van der Waals surface area (Å²) < 4.78 is 1.66. The van der Waals surface area contributed by atoms with Gasteiger partial charge in [-0.1, -0.05) is 35.5 Å². The molecule has 3 aromatic rings. The van der Waals surface area contributed by atoms with Gasteiger partial charge in [0.2, 0.25) is 5.91 Å². The van der Waals surface area contributed by atoms with Crippen molar-refractivity contribution in [1.82, 2.24) is 30.2 Å². The third-order valence-corrected chi connectivity index (χ3v) is 5.16. The Kier molecular flexibility index (Phi) is 5.33. The maximum Gasteiger partial charge on any atom is 0.273 e. The predicted octanol–water partition coefficient (Wildman–Crippen LogP) is 1.79. The molecule has 0 saturated carbocycles. The number of benzene rings is 1. The van der Waals surface area contributed by atoms with Gasteiger partial charge in [-0.25, -0.2) is 4.68 Å². The summed E-state index contributed by atoms with van der Waals surface area (Å²) in [4.78, 5) is 30.7. The largest absolute Gasteiger partial charge is 0.347 e. The molecule has 148 valence electrons. The smallest absolute Gasteiger partial charge is 0.273 e. The first-order valence-corrected chi connectivity index (χ1v) is 9.54. The van der Waals surface area contributed by atoms with Crippen molar-refractivity contribution in [2.45, 2.75) is 25.4 Å². The Hall–Kier alpha value is -3.55. The van der Waals surface area contributed by atoms with E-state index in [-0.39, 0.29) is 29.5 Å². The number of nitrogens with one attached hydrogen (secondary N) is 1. The van der Waals surface area contributed by atoms with Gasteiger partial charge in [-0.15, -0.1) is 5.10 Å². The Labute approximate surface area is 168 Å². The van der Waals surface area contributed by atoms with Crippen molar-refractivity contribution in [2.24, 2.45) is 0 Å². The van der Waals surface area contributed by atoms with Crippen molar-refractivity contribution in [1.29, 1.82) is 0 Å². The number of carbonyl (C=O) groups is 2. The summed E-state index contributed by atoms with van der Waals surface area (Å²) in [6.07, 6.45) is 5.00. The van der Waals surface area contributed by atoms with E-state index in [2.05, 4.69) is 20.6 Å². The topological polar surface area (TPSA) is 93.0 Å². The van der Waals surface area contributed by atoms with E-state index in [1.807, 2.05) is 54.3 Å². The van der Waals surface area contributed by atoms with Gasteiger partial charge >= 0.3 is 0 Å². The second kappa shape index (κ2) is 8.22. The zero-order chi connectivity index (χ0) is 20.2. The molecule has 1 fully saturated rings. The highest BCUT2D eigenvalue weighted by atomic mass is 16.2. The van der Waals surface area contributed by atoms with Crippen LogP contribution < -0.4 is 5.32 Å². The van der Waals surface area contributed by atoms with Gasteiger partial charge in [0.1, 0.15) is 0 Å². The van der Waals surface area contributed by atoms with Gasteiger partial charge in [-0.2, -0.15) is 0 Å². The Balaban J connectivity index is 1.30. The van der Waals surface area contributed by atoms with Crippen LogP contribution in [-0.2, 0) is 11.3 Å². The van der Waals surface area contributed by atoms with E-state index in [1.54, 1.807) is 23.3 Å². The van der Waals surface area contributed by atoms with E-state index in [0.717, 1.165) is 11.1 Å². The average molecular weight is 390 g/mol. The summed E-state index contributed by atoms with van der Waals surface area (Å²) in [7, 11) is 0. The lowest BCUT2D eigenvalue weighted by molar-refractivity contribution is -0.138. The fourth-order valence-electron chi connectivity index (χ4n) is 3.29. The van der Waals surface area contributed by atoms with Crippen molar-refractivity contribution in [3.05, 3.63) is 77.9 Å². The molecule has 1 N–H and O–H groups in total. The lowest BCUT2D eigenvalue weighted by atomic mass is 9.97. The van der Waals surface area contributed by atoms with Gasteiger partial charge in [0.05, 0.1) is 18.2 Å². The van der Waals surface area contributed by atoms with Crippen LogP contribution in [0, 0.1) is 0 Å². The summed E-state index contributed by atoms with van der Waals surface area (Å²) in [5, 5.41) is 10.9. The minimum Gasteiger partial charge on any atom is -0.347 e. The first-order chi connectivity index (χ1) is 14.1. The maximum atomic E-state index is 12.6. The SMILES string of the molecule is CC(C(=O)N1CC(n2cc(C(=O)NCc3ccncc3)nn2)C1)c1ccccc1. The lowest BCUT2D eigenvalue weighted by Crippen LogP contribution is -2.52. The Morgan fingerprint density at radius 2 is 1.86 bits per heavy atom.